The number of morpholine rings is 1. The summed E-state index contributed by atoms with van der Waals surface area (Å²) in [6.45, 7) is 7.24. The molecule has 0 aromatic carbocycles. The predicted molar refractivity (Wildman–Crippen MR) is 73.6 cm³/mol. The minimum Gasteiger partial charge on any atom is -0.381 e. The average molecular weight is 268 g/mol. The van der Waals surface area contributed by atoms with Crippen LogP contribution in [-0.2, 0) is 4.74 Å². The summed E-state index contributed by atoms with van der Waals surface area (Å²) in [6, 6.07) is 0.572. The van der Waals surface area contributed by atoms with E-state index < -0.39 is 0 Å². The van der Waals surface area contributed by atoms with Crippen LogP contribution in [0.1, 0.15) is 13.8 Å². The number of thioether (sulfide) groups is 1. The summed E-state index contributed by atoms with van der Waals surface area (Å²) in [6.07, 6.45) is 3.52. The molecule has 0 radical (unpaired) electrons. The maximum Gasteiger partial charge on any atom is 0.156 e. The van der Waals surface area contributed by atoms with Crippen molar-refractivity contribution in [2.45, 2.75) is 31.0 Å². The zero-order chi connectivity index (χ0) is 13.0. The van der Waals surface area contributed by atoms with Gasteiger partial charge in [0.1, 0.15) is 5.03 Å². The van der Waals surface area contributed by atoms with Crippen LogP contribution < -0.4 is 5.73 Å². The summed E-state index contributed by atoms with van der Waals surface area (Å²) < 4.78 is 5.77. The van der Waals surface area contributed by atoms with E-state index >= 15 is 0 Å². The number of hydrogen-bond acceptors (Lipinski definition) is 6. The highest BCUT2D eigenvalue weighted by atomic mass is 32.2. The Morgan fingerprint density at radius 2 is 2.28 bits per heavy atom. The van der Waals surface area contributed by atoms with E-state index in [1.807, 2.05) is 0 Å². The highest BCUT2D eigenvalue weighted by Crippen LogP contribution is 2.22. The van der Waals surface area contributed by atoms with Crippen LogP contribution >= 0.6 is 11.8 Å². The van der Waals surface area contributed by atoms with Crippen molar-refractivity contribution in [3.63, 3.8) is 0 Å². The zero-order valence-corrected chi connectivity index (χ0v) is 11.7. The summed E-state index contributed by atoms with van der Waals surface area (Å²) in [5.74, 6) is 1.37. The monoisotopic (exact) mass is 268 g/mol. The van der Waals surface area contributed by atoms with Gasteiger partial charge in [0.25, 0.3) is 0 Å². The molecule has 1 aromatic heterocycles. The minimum atomic E-state index is 0.243. The van der Waals surface area contributed by atoms with Gasteiger partial charge in [-0.05, 0) is 13.8 Å². The van der Waals surface area contributed by atoms with Gasteiger partial charge in [-0.25, -0.2) is 9.97 Å². The first-order valence-electron chi connectivity index (χ1n) is 6.21. The number of ether oxygens (including phenoxy) is 1. The van der Waals surface area contributed by atoms with Gasteiger partial charge in [0.05, 0.1) is 12.7 Å². The van der Waals surface area contributed by atoms with Gasteiger partial charge >= 0.3 is 0 Å². The first-order valence-corrected chi connectivity index (χ1v) is 7.20. The van der Waals surface area contributed by atoms with E-state index in [4.69, 9.17) is 10.5 Å². The fourth-order valence-corrected chi connectivity index (χ4v) is 2.81. The van der Waals surface area contributed by atoms with Gasteiger partial charge in [-0.2, -0.15) is 0 Å². The van der Waals surface area contributed by atoms with E-state index in [2.05, 4.69) is 28.7 Å². The lowest BCUT2D eigenvalue weighted by Crippen LogP contribution is -2.46. The van der Waals surface area contributed by atoms with Crippen molar-refractivity contribution >= 4 is 17.6 Å². The molecule has 0 amide bonds. The second-order valence-electron chi connectivity index (χ2n) is 4.64. The highest BCUT2D eigenvalue weighted by molar-refractivity contribution is 7.99. The molecular formula is C12H20N4OS. The van der Waals surface area contributed by atoms with E-state index in [0.29, 0.717) is 11.9 Å². The summed E-state index contributed by atoms with van der Waals surface area (Å²) in [4.78, 5) is 10.7. The molecule has 1 saturated heterocycles. The van der Waals surface area contributed by atoms with Gasteiger partial charge in [0, 0.05) is 37.3 Å². The van der Waals surface area contributed by atoms with E-state index in [1.165, 1.54) is 0 Å². The Morgan fingerprint density at radius 1 is 1.50 bits per heavy atom. The zero-order valence-electron chi connectivity index (χ0n) is 10.9. The number of anilines is 1. The molecule has 0 aliphatic carbocycles. The number of rotatable bonds is 4. The Bertz CT molecular complexity index is 388. The molecule has 18 heavy (non-hydrogen) atoms. The van der Waals surface area contributed by atoms with Gasteiger partial charge in [-0.3, -0.25) is 4.90 Å². The van der Waals surface area contributed by atoms with Crippen molar-refractivity contribution in [3.05, 3.63) is 12.4 Å². The summed E-state index contributed by atoms with van der Waals surface area (Å²) in [5.41, 5.74) is 5.77. The standard InChI is InChI=1S/C12H20N4OS/c1-9(2)16-5-6-17-10(7-16)8-18-12-11(13)14-3-4-15-12/h3-4,9-10H,5-8H2,1-2H3,(H2,13,14). The summed E-state index contributed by atoms with van der Waals surface area (Å²) in [5, 5.41) is 0.794. The molecule has 100 valence electrons. The van der Waals surface area contributed by atoms with Crippen LogP contribution in [0.25, 0.3) is 0 Å². The first kappa shape index (κ1) is 13.6. The second-order valence-corrected chi connectivity index (χ2v) is 5.65. The molecule has 2 heterocycles. The molecule has 1 unspecified atom stereocenters. The number of nitrogens with zero attached hydrogens (tertiary/aromatic N) is 3. The normalized spacial score (nSPS) is 21.4. The molecule has 1 aliphatic rings. The smallest absolute Gasteiger partial charge is 0.156 e. The van der Waals surface area contributed by atoms with Crippen LogP contribution in [0.3, 0.4) is 0 Å². The fraction of sp³-hybridized carbons (Fsp3) is 0.667. The first-order chi connectivity index (χ1) is 8.66. The maximum atomic E-state index is 5.77. The van der Waals surface area contributed by atoms with Crippen molar-refractivity contribution in [1.82, 2.24) is 14.9 Å². The van der Waals surface area contributed by atoms with E-state index in [-0.39, 0.29) is 6.10 Å². The lowest BCUT2D eigenvalue weighted by molar-refractivity contribution is -0.0265. The molecule has 1 aliphatic heterocycles. The Hall–Kier alpha value is -0.850. The largest absolute Gasteiger partial charge is 0.381 e. The highest BCUT2D eigenvalue weighted by Gasteiger charge is 2.22. The third-order valence-electron chi connectivity index (χ3n) is 3.00. The van der Waals surface area contributed by atoms with Gasteiger partial charge in [0.15, 0.2) is 5.82 Å². The predicted octanol–water partition coefficient (Wildman–Crippen LogP) is 1.26. The SMILES string of the molecule is CC(C)N1CCOC(CSc2nccnc2N)C1. The Morgan fingerprint density at radius 3 is 3.00 bits per heavy atom. The van der Waals surface area contributed by atoms with Crippen LogP contribution in [0.2, 0.25) is 0 Å². The molecular weight excluding hydrogens is 248 g/mol. The van der Waals surface area contributed by atoms with Crippen molar-refractivity contribution in [2.24, 2.45) is 0 Å². The van der Waals surface area contributed by atoms with Crippen molar-refractivity contribution in [1.29, 1.82) is 0 Å². The molecule has 6 heteroatoms. The molecule has 0 spiro atoms. The number of nitrogens with two attached hydrogens (primary N) is 1. The van der Waals surface area contributed by atoms with Crippen LogP contribution in [0, 0.1) is 0 Å². The quantitative estimate of drug-likeness (QED) is 0.829. The molecule has 5 nitrogen and oxygen atoms in total. The Kier molecular flexibility index (Phi) is 4.79. The third-order valence-corrected chi connectivity index (χ3v) is 4.12. The molecule has 1 aromatic rings. The Balaban J connectivity index is 1.85. The minimum absolute atomic E-state index is 0.243. The summed E-state index contributed by atoms with van der Waals surface area (Å²) in [7, 11) is 0. The van der Waals surface area contributed by atoms with Crippen molar-refractivity contribution in [3.8, 4) is 0 Å². The second kappa shape index (κ2) is 6.36. The van der Waals surface area contributed by atoms with E-state index in [0.717, 1.165) is 30.5 Å². The fourth-order valence-electron chi connectivity index (χ4n) is 1.93. The molecule has 1 atom stereocenters. The number of aromatic nitrogens is 2. The molecule has 0 bridgehead atoms. The van der Waals surface area contributed by atoms with Gasteiger partial charge in [0.2, 0.25) is 0 Å². The van der Waals surface area contributed by atoms with Crippen molar-refractivity contribution < 1.29 is 4.74 Å². The van der Waals surface area contributed by atoms with Gasteiger partial charge < -0.3 is 10.5 Å². The van der Waals surface area contributed by atoms with Gasteiger partial charge in [-0.15, -0.1) is 0 Å². The van der Waals surface area contributed by atoms with Crippen LogP contribution in [0.15, 0.2) is 17.4 Å². The maximum absolute atomic E-state index is 5.77. The van der Waals surface area contributed by atoms with Crippen LogP contribution in [-0.4, -0.2) is 52.5 Å². The topological polar surface area (TPSA) is 64.3 Å². The molecule has 2 N–H and O–H groups in total. The Labute approximate surface area is 112 Å². The molecule has 2 rings (SSSR count). The number of nitrogen functional groups attached to an aromatic ring is 1. The van der Waals surface area contributed by atoms with Crippen LogP contribution in [0.5, 0.6) is 0 Å². The molecule has 0 saturated carbocycles. The van der Waals surface area contributed by atoms with Crippen molar-refractivity contribution in [2.75, 3.05) is 31.2 Å². The van der Waals surface area contributed by atoms with E-state index in [1.54, 1.807) is 24.2 Å². The summed E-state index contributed by atoms with van der Waals surface area (Å²) >= 11 is 1.62. The lowest BCUT2D eigenvalue weighted by Gasteiger charge is -2.35. The van der Waals surface area contributed by atoms with Crippen LogP contribution in [0.4, 0.5) is 5.82 Å². The van der Waals surface area contributed by atoms with E-state index in [9.17, 15) is 0 Å². The third kappa shape index (κ3) is 3.57. The number of hydrogen-bond donors (Lipinski definition) is 1. The molecule has 1 fully saturated rings. The lowest BCUT2D eigenvalue weighted by atomic mass is 10.2. The average Bonchev–Trinajstić information content (AvgIpc) is 2.38. The van der Waals surface area contributed by atoms with Gasteiger partial charge in [-0.1, -0.05) is 11.8 Å².